The van der Waals surface area contributed by atoms with Gasteiger partial charge in [0.25, 0.3) is 5.56 Å². The quantitative estimate of drug-likeness (QED) is 0.748. The summed E-state index contributed by atoms with van der Waals surface area (Å²) >= 11 is 0. The fraction of sp³-hybridized carbons (Fsp3) is 0.364. The Morgan fingerprint density at radius 1 is 1.33 bits per heavy atom. The zero-order chi connectivity index (χ0) is 15.8. The van der Waals surface area contributed by atoms with Crippen LogP contribution in [0.4, 0.5) is 0 Å². The molecule has 2 rings (SSSR count). The van der Waals surface area contributed by atoms with E-state index < -0.39 is 26.2 Å². The van der Waals surface area contributed by atoms with Crippen LogP contribution in [0.2, 0.25) is 0 Å². The van der Waals surface area contributed by atoms with Crippen molar-refractivity contribution in [1.29, 1.82) is 0 Å². The first-order valence-electron chi connectivity index (χ1n) is 5.96. The number of hydrogen-bond donors (Lipinski definition) is 1. The average molecular weight is 313 g/mol. The molecular weight excluding hydrogens is 298 g/mol. The third kappa shape index (κ3) is 2.67. The normalized spacial score (nSPS) is 12.0. The summed E-state index contributed by atoms with van der Waals surface area (Å²) in [4.78, 5) is 23.2. The van der Waals surface area contributed by atoms with E-state index in [1.165, 1.54) is 27.3 Å². The van der Waals surface area contributed by atoms with Gasteiger partial charge in [-0.15, -0.1) is 0 Å². The third-order valence-electron chi connectivity index (χ3n) is 3.06. The number of H-pyrrole nitrogens is 1. The second kappa shape index (κ2) is 5.30. The molecule has 0 saturated heterocycles. The summed E-state index contributed by atoms with van der Waals surface area (Å²) in [5.41, 5.74) is -0.781. The number of aryl methyl sites for hydroxylation is 1. The van der Waals surface area contributed by atoms with Crippen molar-refractivity contribution in [2.45, 2.75) is 11.4 Å². The fourth-order valence-electron chi connectivity index (χ4n) is 1.83. The van der Waals surface area contributed by atoms with Crippen molar-refractivity contribution in [2.75, 3.05) is 7.05 Å². The number of aromatic nitrogens is 4. The monoisotopic (exact) mass is 313 g/mol. The van der Waals surface area contributed by atoms with Gasteiger partial charge in [0.2, 0.25) is 10.0 Å². The van der Waals surface area contributed by atoms with Gasteiger partial charge in [-0.2, -0.15) is 9.40 Å². The minimum atomic E-state index is -4.01. The molecule has 2 aromatic heterocycles. The Hall–Kier alpha value is -2.20. The predicted octanol–water partition coefficient (Wildman–Crippen LogP) is -1.37. The van der Waals surface area contributed by atoms with Gasteiger partial charge in [0, 0.05) is 45.6 Å². The van der Waals surface area contributed by atoms with Crippen LogP contribution in [0, 0.1) is 0 Å². The van der Waals surface area contributed by atoms with Gasteiger partial charge in [0.15, 0.2) is 4.90 Å². The smallest absolute Gasteiger partial charge is 0.302 e. The number of sulfonamides is 1. The van der Waals surface area contributed by atoms with Crippen LogP contribution in [0.3, 0.4) is 0 Å². The zero-order valence-corrected chi connectivity index (χ0v) is 12.6. The molecule has 114 valence electrons. The van der Waals surface area contributed by atoms with Crippen molar-refractivity contribution in [2.24, 2.45) is 14.1 Å². The Kier molecular flexibility index (Phi) is 3.83. The molecule has 2 aromatic rings. The number of aromatic amines is 1. The van der Waals surface area contributed by atoms with Crippen LogP contribution in [0.15, 0.2) is 33.1 Å². The molecule has 10 heteroatoms. The van der Waals surface area contributed by atoms with Crippen LogP contribution in [-0.2, 0) is 30.7 Å². The van der Waals surface area contributed by atoms with E-state index in [9.17, 15) is 18.0 Å². The SMILES string of the molecule is CN(Cc1cn[nH]c1)S(=O)(=O)c1cn(C)c(=O)n(C)c1=O. The standard InChI is InChI=1S/C11H15N5O4S/c1-14-7-9(10(17)16(3)11(14)18)21(19,20)15(2)6-8-4-12-13-5-8/h4-5,7H,6H2,1-3H3,(H,12,13). The van der Waals surface area contributed by atoms with E-state index in [1.807, 2.05) is 0 Å². The van der Waals surface area contributed by atoms with E-state index in [4.69, 9.17) is 0 Å². The molecule has 0 amide bonds. The molecule has 0 saturated carbocycles. The lowest BCUT2D eigenvalue weighted by Crippen LogP contribution is -2.41. The van der Waals surface area contributed by atoms with Crippen molar-refractivity contribution in [1.82, 2.24) is 23.6 Å². The summed E-state index contributed by atoms with van der Waals surface area (Å²) in [7, 11) is -0.0332. The highest BCUT2D eigenvalue weighted by molar-refractivity contribution is 7.89. The molecule has 0 unspecified atom stereocenters. The van der Waals surface area contributed by atoms with Crippen molar-refractivity contribution in [3.63, 3.8) is 0 Å². The summed E-state index contributed by atoms with van der Waals surface area (Å²) in [6, 6.07) is 0. The Labute approximate surface area is 120 Å². The van der Waals surface area contributed by atoms with Crippen LogP contribution >= 0.6 is 0 Å². The van der Waals surface area contributed by atoms with E-state index in [1.54, 1.807) is 6.20 Å². The number of nitrogens with one attached hydrogen (secondary N) is 1. The molecule has 0 bridgehead atoms. The molecule has 9 nitrogen and oxygen atoms in total. The molecule has 0 spiro atoms. The minimum absolute atomic E-state index is 0.0603. The maximum absolute atomic E-state index is 12.5. The maximum atomic E-state index is 12.5. The van der Waals surface area contributed by atoms with E-state index in [-0.39, 0.29) is 6.54 Å². The summed E-state index contributed by atoms with van der Waals surface area (Å²) in [5, 5.41) is 6.31. The first-order valence-corrected chi connectivity index (χ1v) is 7.40. The third-order valence-corrected chi connectivity index (χ3v) is 4.85. The summed E-state index contributed by atoms with van der Waals surface area (Å²) in [6.45, 7) is 0.0603. The van der Waals surface area contributed by atoms with Crippen LogP contribution in [0.1, 0.15) is 5.56 Å². The molecule has 0 aliphatic rings. The number of hydrogen-bond acceptors (Lipinski definition) is 5. The molecule has 21 heavy (non-hydrogen) atoms. The molecule has 0 fully saturated rings. The molecule has 0 radical (unpaired) electrons. The molecule has 0 atom stereocenters. The first-order chi connectivity index (χ1) is 9.75. The van der Waals surface area contributed by atoms with E-state index in [2.05, 4.69) is 10.2 Å². The predicted molar refractivity (Wildman–Crippen MR) is 74.2 cm³/mol. The molecular formula is C11H15N5O4S. The van der Waals surface area contributed by atoms with Crippen molar-refractivity contribution < 1.29 is 8.42 Å². The van der Waals surface area contributed by atoms with E-state index >= 15 is 0 Å². The van der Waals surface area contributed by atoms with Gasteiger partial charge in [0.1, 0.15) is 0 Å². The average Bonchev–Trinajstić information content (AvgIpc) is 2.93. The molecule has 0 aliphatic heterocycles. The van der Waals surface area contributed by atoms with Gasteiger partial charge in [-0.3, -0.25) is 14.5 Å². The lowest BCUT2D eigenvalue weighted by Gasteiger charge is -2.16. The van der Waals surface area contributed by atoms with Crippen LogP contribution in [0.5, 0.6) is 0 Å². The Morgan fingerprint density at radius 3 is 2.57 bits per heavy atom. The zero-order valence-electron chi connectivity index (χ0n) is 11.8. The van der Waals surface area contributed by atoms with Crippen molar-refractivity contribution in [3.8, 4) is 0 Å². The lowest BCUT2D eigenvalue weighted by molar-refractivity contribution is 0.462. The van der Waals surface area contributed by atoms with Crippen LogP contribution in [0.25, 0.3) is 0 Å². The molecule has 2 heterocycles. The number of rotatable bonds is 4. The van der Waals surface area contributed by atoms with Gasteiger partial charge >= 0.3 is 5.69 Å². The summed E-state index contributed by atoms with van der Waals surface area (Å²) in [5.74, 6) is 0. The molecule has 0 aromatic carbocycles. The second-order valence-corrected chi connectivity index (χ2v) is 6.63. The van der Waals surface area contributed by atoms with E-state index in [0.717, 1.165) is 19.6 Å². The van der Waals surface area contributed by atoms with Gasteiger partial charge in [0.05, 0.1) is 6.20 Å². The first kappa shape index (κ1) is 15.2. The topological polar surface area (TPSA) is 110 Å². The van der Waals surface area contributed by atoms with Crippen LogP contribution < -0.4 is 11.2 Å². The van der Waals surface area contributed by atoms with Crippen molar-refractivity contribution in [3.05, 3.63) is 45.0 Å². The highest BCUT2D eigenvalue weighted by Gasteiger charge is 2.26. The van der Waals surface area contributed by atoms with Crippen molar-refractivity contribution >= 4 is 10.0 Å². The highest BCUT2D eigenvalue weighted by atomic mass is 32.2. The second-order valence-electron chi connectivity index (χ2n) is 4.62. The van der Waals surface area contributed by atoms with Gasteiger partial charge in [-0.05, 0) is 0 Å². The Morgan fingerprint density at radius 2 is 2.00 bits per heavy atom. The van der Waals surface area contributed by atoms with Crippen LogP contribution in [-0.4, -0.2) is 39.1 Å². The highest BCUT2D eigenvalue weighted by Crippen LogP contribution is 2.11. The minimum Gasteiger partial charge on any atom is -0.302 e. The van der Waals surface area contributed by atoms with E-state index in [0.29, 0.717) is 5.56 Å². The lowest BCUT2D eigenvalue weighted by atomic mass is 10.4. The number of nitrogens with zero attached hydrogens (tertiary/aromatic N) is 4. The Bertz CT molecular complexity index is 863. The largest absolute Gasteiger partial charge is 0.330 e. The fourth-order valence-corrected chi connectivity index (χ4v) is 3.13. The van der Waals surface area contributed by atoms with Gasteiger partial charge in [-0.1, -0.05) is 0 Å². The molecule has 1 N–H and O–H groups in total. The maximum Gasteiger partial charge on any atom is 0.330 e. The summed E-state index contributed by atoms with van der Waals surface area (Å²) < 4.78 is 27.8. The summed E-state index contributed by atoms with van der Waals surface area (Å²) in [6.07, 6.45) is 4.08. The van der Waals surface area contributed by atoms with Gasteiger partial charge < -0.3 is 4.57 Å². The molecule has 0 aliphatic carbocycles. The Balaban J connectivity index is 2.50. The van der Waals surface area contributed by atoms with Gasteiger partial charge in [-0.25, -0.2) is 13.2 Å².